The largest absolute Gasteiger partial charge is 0.351 e. The average Bonchev–Trinajstić information content (AvgIpc) is 3.47. The number of amides is 1. The molecule has 0 N–H and O–H groups in total. The highest BCUT2D eigenvalue weighted by Crippen LogP contribution is 2.41. The Labute approximate surface area is 163 Å². The van der Waals surface area contributed by atoms with E-state index in [1.54, 1.807) is 6.07 Å². The summed E-state index contributed by atoms with van der Waals surface area (Å²) in [6, 6.07) is 8.85. The highest BCUT2D eigenvalue weighted by atomic mass is 35.5. The standard InChI is InChI=1S/C20H22ClFN4O/c1-13-12-25(19-7-6-18(21)23-24-19)8-9-26(13)20(27)11-14-2-5-16(15-3-4-15)17(22)10-14/h2,5-7,10,13,15H,3-4,8-9,11-12H2,1H3. The quantitative estimate of drug-likeness (QED) is 0.805. The minimum Gasteiger partial charge on any atom is -0.351 e. The van der Waals surface area contributed by atoms with E-state index in [4.69, 9.17) is 11.6 Å². The van der Waals surface area contributed by atoms with Crippen LogP contribution in [0, 0.1) is 5.82 Å². The molecule has 1 unspecified atom stereocenters. The van der Waals surface area contributed by atoms with E-state index in [1.165, 1.54) is 6.07 Å². The number of hydrogen-bond donors (Lipinski definition) is 0. The van der Waals surface area contributed by atoms with Gasteiger partial charge in [-0.25, -0.2) is 4.39 Å². The lowest BCUT2D eigenvalue weighted by Gasteiger charge is -2.40. The lowest BCUT2D eigenvalue weighted by Crippen LogP contribution is -2.54. The zero-order valence-electron chi connectivity index (χ0n) is 15.2. The Morgan fingerprint density at radius 1 is 1.22 bits per heavy atom. The van der Waals surface area contributed by atoms with E-state index in [2.05, 4.69) is 15.1 Å². The molecule has 2 aliphatic rings. The lowest BCUT2D eigenvalue weighted by atomic mass is 10.0. The van der Waals surface area contributed by atoms with E-state index in [9.17, 15) is 9.18 Å². The average molecular weight is 389 g/mol. The number of aromatic nitrogens is 2. The Hall–Kier alpha value is -2.21. The van der Waals surface area contributed by atoms with Gasteiger partial charge >= 0.3 is 0 Å². The normalized spacial score (nSPS) is 20.0. The number of nitrogens with zero attached hydrogens (tertiary/aromatic N) is 4. The second-order valence-electron chi connectivity index (χ2n) is 7.40. The molecule has 0 spiro atoms. The van der Waals surface area contributed by atoms with Crippen LogP contribution in [0.5, 0.6) is 0 Å². The van der Waals surface area contributed by atoms with Gasteiger partial charge in [0, 0.05) is 25.7 Å². The number of piperazine rings is 1. The molecule has 5 nitrogen and oxygen atoms in total. The van der Waals surface area contributed by atoms with Crippen molar-refractivity contribution in [2.24, 2.45) is 0 Å². The number of rotatable bonds is 4. The number of carbonyl (C=O) groups is 1. The van der Waals surface area contributed by atoms with Gasteiger partial charge in [-0.2, -0.15) is 0 Å². The number of halogens is 2. The van der Waals surface area contributed by atoms with E-state index in [1.807, 2.05) is 30.0 Å². The summed E-state index contributed by atoms with van der Waals surface area (Å²) in [6.07, 6.45) is 2.36. The predicted molar refractivity (Wildman–Crippen MR) is 103 cm³/mol. The zero-order valence-corrected chi connectivity index (χ0v) is 16.0. The molecule has 7 heteroatoms. The summed E-state index contributed by atoms with van der Waals surface area (Å²) in [4.78, 5) is 16.7. The summed E-state index contributed by atoms with van der Waals surface area (Å²) in [6.45, 7) is 3.98. The second-order valence-corrected chi connectivity index (χ2v) is 7.79. The van der Waals surface area contributed by atoms with Crippen LogP contribution in [0.15, 0.2) is 30.3 Å². The first-order valence-corrected chi connectivity index (χ1v) is 9.71. The molecule has 1 amide bonds. The van der Waals surface area contributed by atoms with Crippen LogP contribution in [-0.2, 0) is 11.2 Å². The monoisotopic (exact) mass is 388 g/mol. The van der Waals surface area contributed by atoms with Crippen LogP contribution in [0.1, 0.15) is 36.8 Å². The van der Waals surface area contributed by atoms with E-state index in [0.29, 0.717) is 30.7 Å². The number of anilines is 1. The molecule has 1 aromatic heterocycles. The Morgan fingerprint density at radius 2 is 2.04 bits per heavy atom. The molecule has 1 atom stereocenters. The molecule has 1 saturated heterocycles. The second kappa shape index (κ2) is 7.43. The van der Waals surface area contributed by atoms with Gasteiger partial charge in [0.2, 0.25) is 5.91 Å². The van der Waals surface area contributed by atoms with Gasteiger partial charge in [-0.05, 0) is 55.0 Å². The minimum absolute atomic E-state index is 0.0305. The first-order chi connectivity index (χ1) is 13.0. The van der Waals surface area contributed by atoms with Gasteiger partial charge in [-0.15, -0.1) is 10.2 Å². The number of carbonyl (C=O) groups excluding carboxylic acids is 1. The molecule has 27 heavy (non-hydrogen) atoms. The van der Waals surface area contributed by atoms with Crippen LogP contribution in [0.25, 0.3) is 0 Å². The molecule has 2 heterocycles. The summed E-state index contributed by atoms with van der Waals surface area (Å²) >= 11 is 5.79. The SMILES string of the molecule is CC1CN(c2ccc(Cl)nn2)CCN1C(=O)Cc1ccc(C2CC2)c(F)c1. The van der Waals surface area contributed by atoms with Gasteiger partial charge in [-0.1, -0.05) is 23.7 Å². The van der Waals surface area contributed by atoms with Crippen molar-refractivity contribution in [2.75, 3.05) is 24.5 Å². The Morgan fingerprint density at radius 3 is 2.67 bits per heavy atom. The Balaban J connectivity index is 1.38. The molecule has 0 radical (unpaired) electrons. The zero-order chi connectivity index (χ0) is 19.0. The molecule has 1 aromatic carbocycles. The molecule has 4 rings (SSSR count). The fourth-order valence-electron chi connectivity index (χ4n) is 3.70. The summed E-state index contributed by atoms with van der Waals surface area (Å²) in [7, 11) is 0. The molecule has 142 valence electrons. The summed E-state index contributed by atoms with van der Waals surface area (Å²) in [5.41, 5.74) is 1.53. The third kappa shape index (κ3) is 4.05. The van der Waals surface area contributed by atoms with E-state index < -0.39 is 0 Å². The Kier molecular flexibility index (Phi) is 5.00. The highest BCUT2D eigenvalue weighted by molar-refractivity contribution is 6.29. The molecule has 2 fully saturated rings. The van der Waals surface area contributed by atoms with Gasteiger partial charge < -0.3 is 9.80 Å². The van der Waals surface area contributed by atoms with Gasteiger partial charge in [0.1, 0.15) is 5.82 Å². The van der Waals surface area contributed by atoms with Gasteiger partial charge in [-0.3, -0.25) is 4.79 Å². The van der Waals surface area contributed by atoms with E-state index in [0.717, 1.165) is 29.8 Å². The van der Waals surface area contributed by atoms with Crippen LogP contribution in [0.2, 0.25) is 5.15 Å². The predicted octanol–water partition coefficient (Wildman–Crippen LogP) is 3.43. The van der Waals surface area contributed by atoms with Crippen molar-refractivity contribution < 1.29 is 9.18 Å². The minimum atomic E-state index is -0.179. The Bertz CT molecular complexity index is 840. The first kappa shape index (κ1) is 18.2. The van der Waals surface area contributed by atoms with Crippen LogP contribution < -0.4 is 4.90 Å². The molecule has 1 aliphatic heterocycles. The van der Waals surface area contributed by atoms with Crippen LogP contribution in [0.3, 0.4) is 0 Å². The van der Waals surface area contributed by atoms with Crippen molar-refractivity contribution in [1.82, 2.24) is 15.1 Å². The van der Waals surface area contributed by atoms with Crippen molar-refractivity contribution in [3.05, 3.63) is 52.4 Å². The maximum atomic E-state index is 14.2. The molecule has 0 bridgehead atoms. The molecular weight excluding hydrogens is 367 g/mol. The summed E-state index contributed by atoms with van der Waals surface area (Å²) < 4.78 is 14.2. The number of benzene rings is 1. The highest BCUT2D eigenvalue weighted by Gasteiger charge is 2.29. The fraction of sp³-hybridized carbons (Fsp3) is 0.450. The van der Waals surface area contributed by atoms with Crippen molar-refractivity contribution >= 4 is 23.3 Å². The van der Waals surface area contributed by atoms with Gasteiger partial charge in [0.15, 0.2) is 11.0 Å². The van der Waals surface area contributed by atoms with Crippen molar-refractivity contribution in [3.63, 3.8) is 0 Å². The van der Waals surface area contributed by atoms with Gasteiger partial charge in [0.25, 0.3) is 0 Å². The topological polar surface area (TPSA) is 49.3 Å². The van der Waals surface area contributed by atoms with Crippen molar-refractivity contribution in [3.8, 4) is 0 Å². The van der Waals surface area contributed by atoms with Crippen LogP contribution in [-0.4, -0.2) is 46.7 Å². The summed E-state index contributed by atoms with van der Waals surface area (Å²) in [5, 5.41) is 8.35. The maximum absolute atomic E-state index is 14.2. The fourth-order valence-corrected chi connectivity index (χ4v) is 3.80. The smallest absolute Gasteiger partial charge is 0.227 e. The van der Waals surface area contributed by atoms with Gasteiger partial charge in [0.05, 0.1) is 6.42 Å². The van der Waals surface area contributed by atoms with Crippen LogP contribution in [0.4, 0.5) is 10.2 Å². The van der Waals surface area contributed by atoms with Crippen molar-refractivity contribution in [1.29, 1.82) is 0 Å². The molecule has 1 aliphatic carbocycles. The van der Waals surface area contributed by atoms with Crippen LogP contribution >= 0.6 is 11.6 Å². The third-order valence-corrected chi connectivity index (χ3v) is 5.53. The van der Waals surface area contributed by atoms with Crippen molar-refractivity contribution in [2.45, 2.75) is 38.1 Å². The van der Waals surface area contributed by atoms with E-state index in [-0.39, 0.29) is 24.2 Å². The molecular formula is C20H22ClFN4O. The summed E-state index contributed by atoms with van der Waals surface area (Å²) in [5.74, 6) is 0.986. The molecule has 2 aromatic rings. The molecule has 1 saturated carbocycles. The lowest BCUT2D eigenvalue weighted by molar-refractivity contribution is -0.132. The number of hydrogen-bond acceptors (Lipinski definition) is 4. The maximum Gasteiger partial charge on any atom is 0.227 e. The first-order valence-electron chi connectivity index (χ1n) is 9.33. The third-order valence-electron chi connectivity index (χ3n) is 5.33. The van der Waals surface area contributed by atoms with E-state index >= 15 is 0 Å².